The molecule has 0 aromatic rings. The largest absolute Gasteiger partial charge is 0.411 e. The zero-order valence-corrected chi connectivity index (χ0v) is 8.57. The summed E-state index contributed by atoms with van der Waals surface area (Å²) < 4.78 is 45.6. The van der Waals surface area contributed by atoms with Crippen LogP contribution in [0, 0.1) is 5.41 Å². The smallest absolute Gasteiger partial charge is 0.342 e. The Hall–Kier alpha value is -0.290. The minimum absolute atomic E-state index is 0.254. The summed E-state index contributed by atoms with van der Waals surface area (Å²) >= 11 is 0. The molecule has 0 spiro atoms. The minimum atomic E-state index is -4.29. The fourth-order valence-electron chi connectivity index (χ4n) is 1.20. The lowest BCUT2D eigenvalue weighted by atomic mass is 9.84. The number of epoxide rings is 1. The minimum Gasteiger partial charge on any atom is -0.342 e. The van der Waals surface area contributed by atoms with Gasteiger partial charge < -0.3 is 9.47 Å². The molecule has 2 nitrogen and oxygen atoms in total. The Kier molecular flexibility index (Phi) is 2.84. The van der Waals surface area contributed by atoms with Crippen molar-refractivity contribution in [1.29, 1.82) is 0 Å². The van der Waals surface area contributed by atoms with E-state index in [4.69, 9.17) is 9.47 Å². The van der Waals surface area contributed by atoms with Gasteiger partial charge in [0.25, 0.3) is 0 Å². The third-order valence-corrected chi connectivity index (χ3v) is 2.79. The third-order valence-electron chi connectivity index (χ3n) is 2.79. The normalized spacial score (nSPS) is 27.9. The van der Waals surface area contributed by atoms with Crippen LogP contribution in [0.15, 0.2) is 0 Å². The zero-order chi connectivity index (χ0) is 11.0. The summed E-state index contributed by atoms with van der Waals surface area (Å²) in [5.74, 6) is -1.02. The highest BCUT2D eigenvalue weighted by molar-refractivity contribution is 4.95. The van der Waals surface area contributed by atoms with E-state index in [1.54, 1.807) is 0 Å². The first kappa shape index (κ1) is 11.8. The van der Waals surface area contributed by atoms with Crippen molar-refractivity contribution in [2.45, 2.75) is 39.2 Å². The Labute approximate surface area is 81.4 Å². The van der Waals surface area contributed by atoms with Crippen molar-refractivity contribution in [3.8, 4) is 0 Å². The summed E-state index contributed by atoms with van der Waals surface area (Å²) in [7, 11) is 0. The SMILES string of the molecule is CCC(C)(C)C1(OCC(F)(F)F)CO1. The number of rotatable bonds is 4. The highest BCUT2D eigenvalue weighted by atomic mass is 19.4. The van der Waals surface area contributed by atoms with E-state index in [9.17, 15) is 13.2 Å². The maximum absolute atomic E-state index is 11.9. The van der Waals surface area contributed by atoms with Gasteiger partial charge in [0.2, 0.25) is 0 Å². The molecule has 1 heterocycles. The molecule has 0 radical (unpaired) electrons. The summed E-state index contributed by atoms with van der Waals surface area (Å²) in [6, 6.07) is 0. The lowest BCUT2D eigenvalue weighted by Gasteiger charge is -2.30. The molecule has 0 amide bonds. The lowest BCUT2D eigenvalue weighted by Crippen LogP contribution is -2.38. The average Bonchev–Trinajstić information content (AvgIpc) is 2.80. The fourth-order valence-corrected chi connectivity index (χ4v) is 1.20. The highest BCUT2D eigenvalue weighted by Gasteiger charge is 2.58. The second kappa shape index (κ2) is 3.38. The molecule has 1 saturated heterocycles. The molecular formula is C9H15F3O2. The van der Waals surface area contributed by atoms with Crippen molar-refractivity contribution in [2.75, 3.05) is 13.2 Å². The molecule has 14 heavy (non-hydrogen) atoms. The summed E-state index contributed by atoms with van der Waals surface area (Å²) in [6.07, 6.45) is -3.58. The van der Waals surface area contributed by atoms with Crippen LogP contribution in [0.4, 0.5) is 13.2 Å². The molecule has 1 unspecified atom stereocenters. The van der Waals surface area contributed by atoms with Crippen molar-refractivity contribution < 1.29 is 22.6 Å². The van der Waals surface area contributed by atoms with Crippen LogP contribution in [-0.2, 0) is 9.47 Å². The van der Waals surface area contributed by atoms with E-state index in [0.717, 1.165) is 0 Å². The standard InChI is InChI=1S/C9H15F3O2/c1-4-7(2,3)8(5-13-8)14-6-9(10,11)12/h4-6H2,1-3H3. The zero-order valence-electron chi connectivity index (χ0n) is 8.57. The van der Waals surface area contributed by atoms with E-state index in [-0.39, 0.29) is 12.0 Å². The van der Waals surface area contributed by atoms with Gasteiger partial charge in [-0.2, -0.15) is 13.2 Å². The second-order valence-corrected chi connectivity index (χ2v) is 4.18. The van der Waals surface area contributed by atoms with Crippen molar-refractivity contribution in [1.82, 2.24) is 0 Å². The van der Waals surface area contributed by atoms with Crippen LogP contribution in [0.2, 0.25) is 0 Å². The molecule has 1 aliphatic rings. The number of hydrogen-bond acceptors (Lipinski definition) is 2. The van der Waals surface area contributed by atoms with Gasteiger partial charge in [-0.25, -0.2) is 0 Å². The van der Waals surface area contributed by atoms with E-state index in [2.05, 4.69) is 0 Å². The van der Waals surface area contributed by atoms with Gasteiger partial charge in [0, 0.05) is 5.41 Å². The first-order valence-corrected chi connectivity index (χ1v) is 4.57. The van der Waals surface area contributed by atoms with Gasteiger partial charge in [-0.05, 0) is 6.42 Å². The van der Waals surface area contributed by atoms with Gasteiger partial charge in [0.05, 0.1) is 0 Å². The van der Waals surface area contributed by atoms with Crippen LogP contribution in [0.3, 0.4) is 0 Å². The van der Waals surface area contributed by atoms with Crippen LogP contribution in [0.25, 0.3) is 0 Å². The van der Waals surface area contributed by atoms with Crippen LogP contribution in [0.1, 0.15) is 27.2 Å². The molecule has 0 N–H and O–H groups in total. The topological polar surface area (TPSA) is 21.8 Å². The van der Waals surface area contributed by atoms with Crippen LogP contribution in [-0.4, -0.2) is 25.2 Å². The molecule has 5 heteroatoms. The molecule has 84 valence electrons. The fraction of sp³-hybridized carbons (Fsp3) is 1.00. The van der Waals surface area contributed by atoms with Crippen molar-refractivity contribution in [2.24, 2.45) is 5.41 Å². The molecule has 1 rings (SSSR count). The third kappa shape index (κ3) is 2.39. The maximum atomic E-state index is 11.9. The number of halogens is 3. The molecule has 1 fully saturated rings. The van der Waals surface area contributed by atoms with Gasteiger partial charge >= 0.3 is 6.18 Å². The van der Waals surface area contributed by atoms with Crippen molar-refractivity contribution >= 4 is 0 Å². The van der Waals surface area contributed by atoms with E-state index >= 15 is 0 Å². The molecule has 0 aliphatic carbocycles. The second-order valence-electron chi connectivity index (χ2n) is 4.18. The Morgan fingerprint density at radius 2 is 1.86 bits per heavy atom. The maximum Gasteiger partial charge on any atom is 0.411 e. The van der Waals surface area contributed by atoms with Crippen LogP contribution in [0.5, 0.6) is 0 Å². The van der Waals surface area contributed by atoms with E-state index in [0.29, 0.717) is 6.42 Å². The van der Waals surface area contributed by atoms with E-state index in [1.165, 1.54) is 0 Å². The Balaban J connectivity index is 2.52. The molecule has 0 aromatic carbocycles. The first-order valence-electron chi connectivity index (χ1n) is 4.57. The van der Waals surface area contributed by atoms with E-state index in [1.807, 2.05) is 20.8 Å². The van der Waals surface area contributed by atoms with Gasteiger partial charge in [-0.1, -0.05) is 20.8 Å². The molecular weight excluding hydrogens is 197 g/mol. The highest BCUT2D eigenvalue weighted by Crippen LogP contribution is 2.48. The van der Waals surface area contributed by atoms with Crippen LogP contribution >= 0.6 is 0 Å². The summed E-state index contributed by atoms with van der Waals surface area (Å²) in [4.78, 5) is 0. The summed E-state index contributed by atoms with van der Waals surface area (Å²) in [5, 5.41) is 0. The quantitative estimate of drug-likeness (QED) is 0.668. The lowest BCUT2D eigenvalue weighted by molar-refractivity contribution is -0.223. The van der Waals surface area contributed by atoms with Gasteiger partial charge in [-0.3, -0.25) is 0 Å². The Bertz CT molecular complexity index is 207. The van der Waals surface area contributed by atoms with Gasteiger partial charge in [0.15, 0.2) is 5.79 Å². The predicted molar refractivity (Wildman–Crippen MR) is 44.8 cm³/mol. The molecule has 1 atom stereocenters. The van der Waals surface area contributed by atoms with Crippen molar-refractivity contribution in [3.63, 3.8) is 0 Å². The molecule has 0 aromatic heterocycles. The Morgan fingerprint density at radius 3 is 2.14 bits per heavy atom. The number of hydrogen-bond donors (Lipinski definition) is 0. The molecule has 0 saturated carbocycles. The summed E-state index contributed by atoms with van der Waals surface area (Å²) in [6.45, 7) is 4.60. The average molecular weight is 212 g/mol. The van der Waals surface area contributed by atoms with E-state index < -0.39 is 18.6 Å². The van der Waals surface area contributed by atoms with Gasteiger partial charge in [0.1, 0.15) is 13.2 Å². The Morgan fingerprint density at radius 1 is 1.36 bits per heavy atom. The number of alkyl halides is 3. The van der Waals surface area contributed by atoms with Crippen LogP contribution < -0.4 is 0 Å². The van der Waals surface area contributed by atoms with Gasteiger partial charge in [-0.15, -0.1) is 0 Å². The predicted octanol–water partition coefficient (Wildman–Crippen LogP) is 2.73. The first-order chi connectivity index (χ1) is 6.22. The number of ether oxygens (including phenoxy) is 2. The summed E-state index contributed by atoms with van der Waals surface area (Å²) in [5.41, 5.74) is -0.377. The monoisotopic (exact) mass is 212 g/mol. The molecule has 0 bridgehead atoms. The molecule has 1 aliphatic heterocycles. The van der Waals surface area contributed by atoms with Crippen molar-refractivity contribution in [3.05, 3.63) is 0 Å².